The highest BCUT2D eigenvalue weighted by molar-refractivity contribution is 5.93. The minimum atomic E-state index is 1.13. The standard InChI is InChI=1S/C14H15N.2C2H6/c1-4-6-13-11(5-2)12-9-10(3)7-8-14(12)15-13;2*1-2/h4-9,15H,2H2,1,3H3;2*1-2H3/b6-4-;;. The third-order valence-corrected chi connectivity index (χ3v) is 2.56. The lowest BCUT2D eigenvalue weighted by atomic mass is 10.1. The Balaban J connectivity index is 0.000000741. The van der Waals surface area contributed by atoms with E-state index in [1.54, 1.807) is 0 Å². The molecule has 0 aliphatic rings. The highest BCUT2D eigenvalue weighted by atomic mass is 14.7. The molecule has 0 spiro atoms. The van der Waals surface area contributed by atoms with Gasteiger partial charge in [-0.1, -0.05) is 58.1 Å². The quantitative estimate of drug-likeness (QED) is 0.658. The van der Waals surface area contributed by atoms with Crippen LogP contribution in [0.5, 0.6) is 0 Å². The van der Waals surface area contributed by atoms with Crippen LogP contribution in [0.25, 0.3) is 23.1 Å². The lowest BCUT2D eigenvalue weighted by Gasteiger charge is -1.94. The second-order valence-electron chi connectivity index (χ2n) is 3.71. The summed E-state index contributed by atoms with van der Waals surface area (Å²) in [4.78, 5) is 3.39. The monoisotopic (exact) mass is 257 g/mol. The van der Waals surface area contributed by atoms with E-state index in [2.05, 4.69) is 42.8 Å². The largest absolute Gasteiger partial charge is 0.355 e. The highest BCUT2D eigenvalue weighted by Crippen LogP contribution is 2.25. The van der Waals surface area contributed by atoms with E-state index in [0.717, 1.165) is 5.69 Å². The maximum Gasteiger partial charge on any atom is 0.0465 e. The number of fused-ring (bicyclic) bond motifs is 1. The molecule has 0 bridgehead atoms. The maximum atomic E-state index is 3.87. The van der Waals surface area contributed by atoms with E-state index in [9.17, 15) is 0 Å². The molecule has 1 N–H and O–H groups in total. The molecule has 2 aromatic rings. The van der Waals surface area contributed by atoms with E-state index in [1.807, 2.05) is 46.8 Å². The van der Waals surface area contributed by atoms with Gasteiger partial charge in [-0.3, -0.25) is 0 Å². The molecule has 2 rings (SSSR count). The predicted octanol–water partition coefficient (Wildman–Crippen LogP) is 6.20. The molecule has 0 unspecified atom stereocenters. The van der Waals surface area contributed by atoms with Gasteiger partial charge in [0, 0.05) is 22.2 Å². The number of aryl methyl sites for hydroxylation is 1. The predicted molar refractivity (Wildman–Crippen MR) is 90.5 cm³/mol. The van der Waals surface area contributed by atoms with Gasteiger partial charge in [-0.15, -0.1) is 0 Å². The van der Waals surface area contributed by atoms with Crippen molar-refractivity contribution >= 4 is 23.1 Å². The fraction of sp³-hybridized carbons (Fsp3) is 0.333. The number of hydrogen-bond donors (Lipinski definition) is 1. The van der Waals surface area contributed by atoms with E-state index in [4.69, 9.17) is 0 Å². The summed E-state index contributed by atoms with van der Waals surface area (Å²) >= 11 is 0. The summed E-state index contributed by atoms with van der Waals surface area (Å²) in [6.45, 7) is 16.0. The Morgan fingerprint density at radius 3 is 2.26 bits per heavy atom. The van der Waals surface area contributed by atoms with Gasteiger partial charge in [-0.2, -0.15) is 0 Å². The van der Waals surface area contributed by atoms with Crippen LogP contribution in [-0.4, -0.2) is 4.98 Å². The van der Waals surface area contributed by atoms with Crippen LogP contribution in [0, 0.1) is 6.92 Å². The van der Waals surface area contributed by atoms with Gasteiger partial charge in [0.05, 0.1) is 0 Å². The molecule has 1 aromatic heterocycles. The van der Waals surface area contributed by atoms with Crippen molar-refractivity contribution in [1.82, 2.24) is 4.98 Å². The van der Waals surface area contributed by atoms with Crippen LogP contribution in [0.1, 0.15) is 51.4 Å². The summed E-state index contributed by atoms with van der Waals surface area (Å²) < 4.78 is 0. The smallest absolute Gasteiger partial charge is 0.0465 e. The third kappa shape index (κ3) is 4.13. The lowest BCUT2D eigenvalue weighted by molar-refractivity contribution is 1.41. The summed E-state index contributed by atoms with van der Waals surface area (Å²) in [5.74, 6) is 0. The van der Waals surface area contributed by atoms with Crippen molar-refractivity contribution in [3.63, 3.8) is 0 Å². The van der Waals surface area contributed by atoms with Crippen molar-refractivity contribution in [2.24, 2.45) is 0 Å². The van der Waals surface area contributed by atoms with E-state index in [0.29, 0.717) is 0 Å². The second kappa shape index (κ2) is 9.21. The molecule has 1 nitrogen and oxygen atoms in total. The Bertz CT molecular complexity index is 530. The zero-order valence-electron chi connectivity index (χ0n) is 13.2. The van der Waals surface area contributed by atoms with Crippen molar-refractivity contribution in [2.75, 3.05) is 0 Å². The molecule has 1 heteroatoms. The number of allylic oxidation sites excluding steroid dienone is 1. The van der Waals surface area contributed by atoms with E-state index >= 15 is 0 Å². The average molecular weight is 257 g/mol. The number of aromatic nitrogens is 1. The average Bonchev–Trinajstić information content (AvgIpc) is 2.80. The number of benzene rings is 1. The number of H-pyrrole nitrogens is 1. The molecule has 0 saturated carbocycles. The molecule has 0 saturated heterocycles. The number of rotatable bonds is 2. The van der Waals surface area contributed by atoms with Gasteiger partial charge in [0.1, 0.15) is 0 Å². The highest BCUT2D eigenvalue weighted by Gasteiger charge is 2.05. The molecular weight excluding hydrogens is 230 g/mol. The van der Waals surface area contributed by atoms with Crippen molar-refractivity contribution in [3.8, 4) is 0 Å². The van der Waals surface area contributed by atoms with E-state index in [1.165, 1.54) is 22.0 Å². The number of hydrogen-bond acceptors (Lipinski definition) is 0. The van der Waals surface area contributed by atoms with Crippen molar-refractivity contribution in [1.29, 1.82) is 0 Å². The van der Waals surface area contributed by atoms with Gasteiger partial charge >= 0.3 is 0 Å². The van der Waals surface area contributed by atoms with Crippen LogP contribution < -0.4 is 0 Å². The first-order valence-corrected chi connectivity index (χ1v) is 7.13. The Kier molecular flexibility index (Phi) is 8.35. The summed E-state index contributed by atoms with van der Waals surface area (Å²) in [6.07, 6.45) is 6.02. The SMILES string of the molecule is C=Cc1c(/C=C\C)[nH]c2ccc(C)cc12.CC.CC. The van der Waals surface area contributed by atoms with Crippen LogP contribution in [0.2, 0.25) is 0 Å². The Hall–Kier alpha value is -1.76. The first kappa shape index (κ1) is 17.2. The second-order valence-corrected chi connectivity index (χ2v) is 3.71. The number of aromatic amines is 1. The Morgan fingerprint density at radius 1 is 1.11 bits per heavy atom. The van der Waals surface area contributed by atoms with Gasteiger partial charge < -0.3 is 4.98 Å². The van der Waals surface area contributed by atoms with Gasteiger partial charge in [0.25, 0.3) is 0 Å². The van der Waals surface area contributed by atoms with Crippen molar-refractivity contribution < 1.29 is 0 Å². The van der Waals surface area contributed by atoms with Crippen LogP contribution in [0.15, 0.2) is 30.9 Å². The molecule has 0 radical (unpaired) electrons. The minimum absolute atomic E-state index is 1.13. The van der Waals surface area contributed by atoms with Gasteiger partial charge in [0.2, 0.25) is 0 Å². The summed E-state index contributed by atoms with van der Waals surface area (Å²) in [5, 5.41) is 1.25. The first-order valence-electron chi connectivity index (χ1n) is 7.13. The van der Waals surface area contributed by atoms with Gasteiger partial charge in [-0.25, -0.2) is 0 Å². The fourth-order valence-electron chi connectivity index (χ4n) is 1.87. The first-order chi connectivity index (χ1) is 9.26. The molecule has 0 fully saturated rings. The molecular formula is C18H27N. The number of nitrogens with one attached hydrogen (secondary N) is 1. The molecule has 104 valence electrons. The molecule has 19 heavy (non-hydrogen) atoms. The van der Waals surface area contributed by atoms with Gasteiger partial charge in [0.15, 0.2) is 0 Å². The van der Waals surface area contributed by atoms with Crippen molar-refractivity contribution in [2.45, 2.75) is 41.5 Å². The molecule has 0 atom stereocenters. The van der Waals surface area contributed by atoms with Crippen LogP contribution in [0.4, 0.5) is 0 Å². The van der Waals surface area contributed by atoms with E-state index in [-0.39, 0.29) is 0 Å². The molecule has 1 aromatic carbocycles. The molecule has 0 amide bonds. The molecule has 0 aliphatic heterocycles. The maximum absolute atomic E-state index is 3.87. The zero-order chi connectivity index (χ0) is 14.8. The van der Waals surface area contributed by atoms with Crippen LogP contribution in [-0.2, 0) is 0 Å². The minimum Gasteiger partial charge on any atom is -0.355 e. The Labute approximate surface area is 118 Å². The molecule has 1 heterocycles. The van der Waals surface area contributed by atoms with Gasteiger partial charge in [-0.05, 0) is 32.1 Å². The fourth-order valence-corrected chi connectivity index (χ4v) is 1.87. The van der Waals surface area contributed by atoms with Crippen LogP contribution >= 0.6 is 0 Å². The Morgan fingerprint density at radius 2 is 1.74 bits per heavy atom. The normalized spacial score (nSPS) is 9.58. The third-order valence-electron chi connectivity index (χ3n) is 2.56. The summed E-state index contributed by atoms with van der Waals surface area (Å²) in [7, 11) is 0. The topological polar surface area (TPSA) is 15.8 Å². The van der Waals surface area contributed by atoms with Crippen molar-refractivity contribution in [3.05, 3.63) is 47.7 Å². The zero-order valence-corrected chi connectivity index (χ0v) is 13.2. The summed E-state index contributed by atoms with van der Waals surface area (Å²) in [5.41, 5.74) is 4.76. The van der Waals surface area contributed by atoms with Crippen LogP contribution in [0.3, 0.4) is 0 Å². The lowest BCUT2D eigenvalue weighted by Crippen LogP contribution is -1.74. The molecule has 0 aliphatic carbocycles. The van der Waals surface area contributed by atoms with E-state index < -0.39 is 0 Å². The summed E-state index contributed by atoms with van der Waals surface area (Å²) in [6, 6.07) is 6.42.